The number of thiophene rings is 1. The zero-order chi connectivity index (χ0) is 15.9. The normalized spacial score (nSPS) is 19.1. The number of benzene rings is 1. The van der Waals surface area contributed by atoms with Crippen LogP contribution in [-0.4, -0.2) is 25.0 Å². The standard InChI is InChI=1S/C16H18ClNO2S2/c1-3-22(19,20)18-9-14(12-7-5-4-6-11(12)2)13-8-16(17)21-15(13)10-18/h4-8,14H,3,9-10H2,1-2H3/t14-/m0/s1. The van der Waals surface area contributed by atoms with E-state index in [9.17, 15) is 8.42 Å². The van der Waals surface area contributed by atoms with Gasteiger partial charge in [-0.3, -0.25) is 0 Å². The van der Waals surface area contributed by atoms with Crippen molar-refractivity contribution in [2.45, 2.75) is 26.3 Å². The summed E-state index contributed by atoms with van der Waals surface area (Å²) in [5.41, 5.74) is 3.53. The van der Waals surface area contributed by atoms with Crippen LogP contribution in [0.2, 0.25) is 4.34 Å². The van der Waals surface area contributed by atoms with Crippen molar-refractivity contribution in [3.05, 3.63) is 56.2 Å². The second-order valence-electron chi connectivity index (χ2n) is 5.53. The van der Waals surface area contributed by atoms with Gasteiger partial charge in [0.25, 0.3) is 0 Å². The van der Waals surface area contributed by atoms with Crippen LogP contribution in [0.1, 0.15) is 34.4 Å². The van der Waals surface area contributed by atoms with Crippen molar-refractivity contribution in [1.82, 2.24) is 4.31 Å². The maximum atomic E-state index is 12.3. The molecule has 0 N–H and O–H groups in total. The Bertz CT molecular complexity index is 798. The highest BCUT2D eigenvalue weighted by molar-refractivity contribution is 7.89. The van der Waals surface area contributed by atoms with Gasteiger partial charge >= 0.3 is 0 Å². The Hall–Kier alpha value is -0.880. The van der Waals surface area contributed by atoms with Gasteiger partial charge in [-0.05, 0) is 36.6 Å². The molecule has 6 heteroatoms. The summed E-state index contributed by atoms with van der Waals surface area (Å²) in [5.74, 6) is 0.178. The largest absolute Gasteiger partial charge is 0.214 e. The van der Waals surface area contributed by atoms with Crippen molar-refractivity contribution >= 4 is 33.0 Å². The van der Waals surface area contributed by atoms with Crippen LogP contribution in [0.4, 0.5) is 0 Å². The summed E-state index contributed by atoms with van der Waals surface area (Å²) in [5, 5.41) is 0. The number of fused-ring (bicyclic) bond motifs is 1. The molecule has 2 heterocycles. The Balaban J connectivity index is 2.10. The molecule has 3 rings (SSSR count). The maximum absolute atomic E-state index is 12.3. The van der Waals surface area contributed by atoms with Crippen molar-refractivity contribution < 1.29 is 8.42 Å². The third-order valence-corrected chi connectivity index (χ3v) is 7.27. The van der Waals surface area contributed by atoms with Gasteiger partial charge in [0.05, 0.1) is 10.1 Å². The SMILES string of the molecule is CCS(=O)(=O)N1Cc2sc(Cl)cc2[C@H](c2ccccc2C)C1. The lowest BCUT2D eigenvalue weighted by atomic mass is 9.87. The summed E-state index contributed by atoms with van der Waals surface area (Å²) in [4.78, 5) is 1.06. The Morgan fingerprint density at radius 1 is 1.32 bits per heavy atom. The van der Waals surface area contributed by atoms with E-state index in [4.69, 9.17) is 11.6 Å². The van der Waals surface area contributed by atoms with E-state index >= 15 is 0 Å². The first-order chi connectivity index (χ1) is 10.4. The van der Waals surface area contributed by atoms with Gasteiger partial charge in [0.2, 0.25) is 10.0 Å². The monoisotopic (exact) mass is 355 g/mol. The number of hydrogen-bond acceptors (Lipinski definition) is 3. The topological polar surface area (TPSA) is 37.4 Å². The highest BCUT2D eigenvalue weighted by Gasteiger charge is 2.34. The van der Waals surface area contributed by atoms with Crippen LogP contribution in [0.5, 0.6) is 0 Å². The molecule has 118 valence electrons. The molecule has 1 aromatic heterocycles. The molecule has 1 aliphatic heterocycles. The van der Waals surface area contributed by atoms with Crippen LogP contribution in [-0.2, 0) is 16.6 Å². The van der Waals surface area contributed by atoms with Crippen LogP contribution in [0.15, 0.2) is 30.3 Å². The Kier molecular flexibility index (Phi) is 4.34. The van der Waals surface area contributed by atoms with Crippen LogP contribution in [0.25, 0.3) is 0 Å². The Morgan fingerprint density at radius 2 is 2.05 bits per heavy atom. The average Bonchev–Trinajstić information content (AvgIpc) is 2.87. The third-order valence-electron chi connectivity index (χ3n) is 4.22. The number of hydrogen-bond donors (Lipinski definition) is 0. The quantitative estimate of drug-likeness (QED) is 0.834. The number of sulfonamides is 1. The van der Waals surface area contributed by atoms with E-state index in [0.29, 0.717) is 13.1 Å². The summed E-state index contributed by atoms with van der Waals surface area (Å²) in [6.07, 6.45) is 0. The molecule has 1 atom stereocenters. The second kappa shape index (κ2) is 5.96. The smallest absolute Gasteiger partial charge is 0.212 e. The van der Waals surface area contributed by atoms with Crippen LogP contribution < -0.4 is 0 Å². The number of rotatable bonds is 3. The number of halogens is 1. The van der Waals surface area contributed by atoms with Gasteiger partial charge in [-0.15, -0.1) is 11.3 Å². The zero-order valence-corrected chi connectivity index (χ0v) is 14.9. The molecular weight excluding hydrogens is 338 g/mol. The molecule has 0 bridgehead atoms. The number of aryl methyl sites for hydroxylation is 1. The predicted octanol–water partition coefficient (Wildman–Crippen LogP) is 4.01. The predicted molar refractivity (Wildman–Crippen MR) is 92.2 cm³/mol. The molecule has 0 amide bonds. The Morgan fingerprint density at radius 3 is 2.73 bits per heavy atom. The minimum Gasteiger partial charge on any atom is -0.212 e. The fourth-order valence-electron chi connectivity index (χ4n) is 2.99. The lowest BCUT2D eigenvalue weighted by Gasteiger charge is -2.32. The van der Waals surface area contributed by atoms with Crippen molar-refractivity contribution in [3.8, 4) is 0 Å². The minimum absolute atomic E-state index is 0.0509. The van der Waals surface area contributed by atoms with E-state index in [-0.39, 0.29) is 11.7 Å². The van der Waals surface area contributed by atoms with Crippen molar-refractivity contribution in [1.29, 1.82) is 0 Å². The minimum atomic E-state index is -3.21. The first-order valence-corrected chi connectivity index (χ1v) is 10.0. The third kappa shape index (κ3) is 2.83. The van der Waals surface area contributed by atoms with Gasteiger partial charge in [0.1, 0.15) is 0 Å². The first-order valence-electron chi connectivity index (χ1n) is 7.24. The first kappa shape index (κ1) is 16.0. The van der Waals surface area contributed by atoms with Gasteiger partial charge in [-0.2, -0.15) is 4.31 Å². The highest BCUT2D eigenvalue weighted by atomic mass is 35.5. The van der Waals surface area contributed by atoms with E-state index in [1.165, 1.54) is 28.0 Å². The van der Waals surface area contributed by atoms with Crippen LogP contribution in [0, 0.1) is 6.92 Å². The fourth-order valence-corrected chi connectivity index (χ4v) is 5.50. The molecule has 0 aliphatic carbocycles. The fraction of sp³-hybridized carbons (Fsp3) is 0.375. The molecule has 2 aromatic rings. The molecule has 0 saturated heterocycles. The summed E-state index contributed by atoms with van der Waals surface area (Å²) in [6, 6.07) is 10.1. The summed E-state index contributed by atoms with van der Waals surface area (Å²) in [7, 11) is -3.21. The zero-order valence-electron chi connectivity index (χ0n) is 12.5. The Labute approximate surface area is 140 Å². The van der Waals surface area contributed by atoms with E-state index in [0.717, 1.165) is 9.21 Å². The maximum Gasteiger partial charge on any atom is 0.214 e. The highest BCUT2D eigenvalue weighted by Crippen LogP contribution is 2.41. The van der Waals surface area contributed by atoms with Gasteiger partial charge in [0.15, 0.2) is 0 Å². The van der Waals surface area contributed by atoms with E-state index in [1.54, 1.807) is 11.2 Å². The lowest BCUT2D eigenvalue weighted by molar-refractivity contribution is 0.376. The molecule has 0 unspecified atom stereocenters. The molecular formula is C16H18ClNO2S2. The molecule has 0 fully saturated rings. The van der Waals surface area contributed by atoms with Gasteiger partial charge < -0.3 is 0 Å². The number of nitrogens with zero attached hydrogens (tertiary/aromatic N) is 1. The van der Waals surface area contributed by atoms with Crippen molar-refractivity contribution in [2.75, 3.05) is 12.3 Å². The van der Waals surface area contributed by atoms with Crippen molar-refractivity contribution in [2.24, 2.45) is 0 Å². The molecule has 0 radical (unpaired) electrons. The molecule has 22 heavy (non-hydrogen) atoms. The van der Waals surface area contributed by atoms with E-state index in [1.807, 2.05) is 18.2 Å². The van der Waals surface area contributed by atoms with E-state index < -0.39 is 10.0 Å². The molecule has 1 aliphatic rings. The summed E-state index contributed by atoms with van der Waals surface area (Å²) < 4.78 is 27.0. The molecule has 1 aromatic carbocycles. The lowest BCUT2D eigenvalue weighted by Crippen LogP contribution is -2.38. The van der Waals surface area contributed by atoms with Gasteiger partial charge in [0, 0.05) is 23.9 Å². The van der Waals surface area contributed by atoms with E-state index in [2.05, 4.69) is 19.1 Å². The summed E-state index contributed by atoms with van der Waals surface area (Å²) in [6.45, 7) is 4.68. The molecule has 0 saturated carbocycles. The molecule has 0 spiro atoms. The van der Waals surface area contributed by atoms with Gasteiger partial charge in [-0.1, -0.05) is 35.9 Å². The van der Waals surface area contributed by atoms with Crippen molar-refractivity contribution in [3.63, 3.8) is 0 Å². The molecule has 3 nitrogen and oxygen atoms in total. The van der Waals surface area contributed by atoms with Gasteiger partial charge in [-0.25, -0.2) is 8.42 Å². The second-order valence-corrected chi connectivity index (χ2v) is 9.56. The average molecular weight is 356 g/mol. The van der Waals surface area contributed by atoms with Crippen LogP contribution in [0.3, 0.4) is 0 Å². The summed E-state index contributed by atoms with van der Waals surface area (Å²) >= 11 is 7.67. The van der Waals surface area contributed by atoms with Crippen LogP contribution >= 0.6 is 22.9 Å².